The van der Waals surface area contributed by atoms with Crippen molar-refractivity contribution in [1.82, 2.24) is 14.7 Å². The van der Waals surface area contributed by atoms with Gasteiger partial charge in [-0.1, -0.05) is 0 Å². The minimum atomic E-state index is -3.37. The third kappa shape index (κ3) is 3.52. The van der Waals surface area contributed by atoms with Crippen molar-refractivity contribution in [2.45, 2.75) is 18.1 Å². The number of hydrogen-bond donors (Lipinski definition) is 3. The number of H-pyrrole nitrogens is 1. The molecule has 8 nitrogen and oxygen atoms in total. The molecule has 124 valence electrons. The zero-order chi connectivity index (χ0) is 16.4. The van der Waals surface area contributed by atoms with Crippen molar-refractivity contribution in [2.24, 2.45) is 0 Å². The van der Waals surface area contributed by atoms with Crippen molar-refractivity contribution < 1.29 is 23.1 Å². The third-order valence-electron chi connectivity index (χ3n) is 3.77. The summed E-state index contributed by atoms with van der Waals surface area (Å²) in [5.41, 5.74) is 1.44. The largest absolute Gasteiger partial charge is 0.478 e. The number of carboxylic acid groups (broad SMARTS) is 1. The Labute approximate surface area is 132 Å². The molecule has 0 amide bonds. The fourth-order valence-electron chi connectivity index (χ4n) is 2.50. The summed E-state index contributed by atoms with van der Waals surface area (Å²) in [4.78, 5) is 18.3. The van der Waals surface area contributed by atoms with E-state index < -0.39 is 21.2 Å². The number of nitrogens with one attached hydrogen (secondary N) is 2. The van der Waals surface area contributed by atoms with Gasteiger partial charge < -0.3 is 14.8 Å². The fraction of sp³-hybridized carbons (Fsp3) is 0.429. The van der Waals surface area contributed by atoms with Crippen LogP contribution in [-0.4, -0.2) is 54.5 Å². The van der Waals surface area contributed by atoms with Gasteiger partial charge in [0.2, 0.25) is 10.0 Å². The molecule has 1 saturated heterocycles. The maximum atomic E-state index is 12.0. The molecule has 0 radical (unpaired) electrons. The standard InChI is InChI=1S/C14H17N3O5S/c18-14(19)9-1-2-11-12(7-9)17-13(16-11)3-5-15-23(20,21)10-4-6-22-8-10/h1-2,7,10,15H,3-6,8H2,(H,16,17)(H,18,19). The lowest BCUT2D eigenvalue weighted by atomic mass is 10.2. The van der Waals surface area contributed by atoms with Crippen molar-refractivity contribution in [3.05, 3.63) is 29.6 Å². The van der Waals surface area contributed by atoms with Gasteiger partial charge in [-0.2, -0.15) is 0 Å². The quantitative estimate of drug-likeness (QED) is 0.705. The second-order valence-electron chi connectivity index (χ2n) is 5.40. The Morgan fingerprint density at radius 1 is 1.48 bits per heavy atom. The van der Waals surface area contributed by atoms with Crippen molar-refractivity contribution in [2.75, 3.05) is 19.8 Å². The normalized spacial score (nSPS) is 18.5. The monoisotopic (exact) mass is 339 g/mol. The van der Waals surface area contributed by atoms with E-state index in [2.05, 4.69) is 14.7 Å². The molecule has 2 heterocycles. The number of fused-ring (bicyclic) bond motifs is 1. The molecule has 0 saturated carbocycles. The maximum absolute atomic E-state index is 12.0. The predicted molar refractivity (Wildman–Crippen MR) is 82.9 cm³/mol. The number of sulfonamides is 1. The molecule has 1 atom stereocenters. The van der Waals surface area contributed by atoms with Crippen LogP contribution in [0, 0.1) is 0 Å². The first-order valence-electron chi connectivity index (χ1n) is 7.24. The van der Waals surface area contributed by atoms with Gasteiger partial charge in [-0.25, -0.2) is 22.9 Å². The van der Waals surface area contributed by atoms with Gasteiger partial charge in [0.15, 0.2) is 0 Å². The van der Waals surface area contributed by atoms with E-state index in [4.69, 9.17) is 9.84 Å². The number of aromatic nitrogens is 2. The summed E-state index contributed by atoms with van der Waals surface area (Å²) in [5.74, 6) is -0.400. The van der Waals surface area contributed by atoms with Gasteiger partial charge in [-0.05, 0) is 24.6 Å². The molecule has 0 spiro atoms. The van der Waals surface area contributed by atoms with Crippen molar-refractivity contribution >= 4 is 27.0 Å². The lowest BCUT2D eigenvalue weighted by Gasteiger charge is -2.10. The summed E-state index contributed by atoms with van der Waals surface area (Å²) in [6, 6.07) is 4.62. The highest BCUT2D eigenvalue weighted by atomic mass is 32.2. The van der Waals surface area contributed by atoms with Crippen LogP contribution in [-0.2, 0) is 21.2 Å². The molecule has 1 aromatic heterocycles. The summed E-state index contributed by atoms with van der Waals surface area (Å²) in [7, 11) is -3.37. The van der Waals surface area contributed by atoms with Crippen LogP contribution in [0.5, 0.6) is 0 Å². The number of rotatable bonds is 6. The van der Waals surface area contributed by atoms with Crippen LogP contribution in [0.4, 0.5) is 0 Å². The molecule has 1 aliphatic heterocycles. The predicted octanol–water partition coefficient (Wildman–Crippen LogP) is 0.512. The topological polar surface area (TPSA) is 121 Å². The zero-order valence-corrected chi connectivity index (χ0v) is 13.1. The van der Waals surface area contributed by atoms with E-state index in [0.29, 0.717) is 36.3 Å². The second-order valence-corrected chi connectivity index (χ2v) is 7.44. The molecular weight excluding hydrogens is 322 g/mol. The SMILES string of the molecule is O=C(O)c1ccc2nc(CCNS(=O)(=O)C3CCOC3)[nH]c2c1. The molecule has 1 aromatic carbocycles. The molecule has 9 heteroatoms. The van der Waals surface area contributed by atoms with Gasteiger partial charge in [0.25, 0.3) is 0 Å². The smallest absolute Gasteiger partial charge is 0.335 e. The number of carboxylic acids is 1. The highest BCUT2D eigenvalue weighted by Crippen LogP contribution is 2.15. The van der Waals surface area contributed by atoms with Crippen LogP contribution in [0.2, 0.25) is 0 Å². The number of aromatic amines is 1. The number of nitrogens with zero attached hydrogens (tertiary/aromatic N) is 1. The first-order valence-corrected chi connectivity index (χ1v) is 8.78. The van der Waals surface area contributed by atoms with Crippen LogP contribution in [0.3, 0.4) is 0 Å². The number of hydrogen-bond acceptors (Lipinski definition) is 5. The van der Waals surface area contributed by atoms with E-state index in [1.54, 1.807) is 6.07 Å². The fourth-order valence-corrected chi connectivity index (χ4v) is 3.81. The van der Waals surface area contributed by atoms with Crippen LogP contribution in [0.1, 0.15) is 22.6 Å². The minimum Gasteiger partial charge on any atom is -0.478 e. The molecule has 1 fully saturated rings. The Morgan fingerprint density at radius 2 is 2.30 bits per heavy atom. The second kappa shape index (κ2) is 6.26. The average Bonchev–Trinajstić information content (AvgIpc) is 3.15. The van der Waals surface area contributed by atoms with Crippen molar-refractivity contribution in [3.63, 3.8) is 0 Å². The average molecular weight is 339 g/mol. The summed E-state index contributed by atoms with van der Waals surface area (Å²) < 4.78 is 31.7. The van der Waals surface area contributed by atoms with Gasteiger partial charge in [-0.15, -0.1) is 0 Å². The Balaban J connectivity index is 1.64. The van der Waals surface area contributed by atoms with Crippen LogP contribution in [0.25, 0.3) is 11.0 Å². The third-order valence-corrected chi connectivity index (χ3v) is 5.63. The zero-order valence-electron chi connectivity index (χ0n) is 12.3. The summed E-state index contributed by atoms with van der Waals surface area (Å²) in [5, 5.41) is 8.48. The van der Waals surface area contributed by atoms with Crippen LogP contribution >= 0.6 is 0 Å². The first kappa shape index (κ1) is 15.9. The summed E-state index contributed by atoms with van der Waals surface area (Å²) in [6.07, 6.45) is 0.905. The van der Waals surface area contributed by atoms with E-state index in [9.17, 15) is 13.2 Å². The van der Waals surface area contributed by atoms with E-state index in [1.165, 1.54) is 12.1 Å². The van der Waals surface area contributed by atoms with Crippen LogP contribution < -0.4 is 4.72 Å². The molecular formula is C14H17N3O5S. The molecule has 23 heavy (non-hydrogen) atoms. The van der Waals surface area contributed by atoms with Gasteiger partial charge in [0.05, 0.1) is 23.2 Å². The van der Waals surface area contributed by atoms with Gasteiger partial charge in [0.1, 0.15) is 11.1 Å². The molecule has 3 N–H and O–H groups in total. The minimum absolute atomic E-state index is 0.176. The lowest BCUT2D eigenvalue weighted by molar-refractivity contribution is 0.0697. The molecule has 3 rings (SSSR count). The van der Waals surface area contributed by atoms with Crippen LogP contribution in [0.15, 0.2) is 18.2 Å². The number of aromatic carboxylic acids is 1. The van der Waals surface area contributed by atoms with E-state index >= 15 is 0 Å². The maximum Gasteiger partial charge on any atom is 0.335 e. The number of benzene rings is 1. The van der Waals surface area contributed by atoms with Gasteiger partial charge in [-0.3, -0.25) is 0 Å². The Hall–Kier alpha value is -1.97. The highest BCUT2D eigenvalue weighted by Gasteiger charge is 2.29. The van der Waals surface area contributed by atoms with E-state index in [0.717, 1.165) is 0 Å². The summed E-state index contributed by atoms with van der Waals surface area (Å²) in [6.45, 7) is 0.934. The van der Waals surface area contributed by atoms with Crippen molar-refractivity contribution in [1.29, 1.82) is 0 Å². The number of carbonyl (C=O) groups is 1. The number of ether oxygens (including phenoxy) is 1. The van der Waals surface area contributed by atoms with E-state index in [1.807, 2.05) is 0 Å². The summed E-state index contributed by atoms with van der Waals surface area (Å²) >= 11 is 0. The molecule has 0 aliphatic carbocycles. The Morgan fingerprint density at radius 3 is 3.00 bits per heavy atom. The first-order chi connectivity index (χ1) is 11.0. The lowest BCUT2D eigenvalue weighted by Crippen LogP contribution is -2.35. The van der Waals surface area contributed by atoms with Gasteiger partial charge in [0, 0.05) is 19.6 Å². The Bertz CT molecular complexity index is 824. The van der Waals surface area contributed by atoms with E-state index in [-0.39, 0.29) is 18.7 Å². The molecule has 1 unspecified atom stereocenters. The van der Waals surface area contributed by atoms with Crippen molar-refractivity contribution in [3.8, 4) is 0 Å². The van der Waals surface area contributed by atoms with Gasteiger partial charge >= 0.3 is 5.97 Å². The molecule has 0 bridgehead atoms. The molecule has 2 aromatic rings. The Kier molecular flexibility index (Phi) is 4.33. The number of imidazole rings is 1. The highest BCUT2D eigenvalue weighted by molar-refractivity contribution is 7.90. The molecule has 1 aliphatic rings.